The smallest absolute Gasteiger partial charge is 0.330 e. The van der Waals surface area contributed by atoms with Gasteiger partial charge in [-0.15, -0.1) is 0 Å². The van der Waals surface area contributed by atoms with Gasteiger partial charge in [0, 0.05) is 24.3 Å². The number of benzene rings is 1. The van der Waals surface area contributed by atoms with Gasteiger partial charge in [0.2, 0.25) is 0 Å². The number of carbonyl (C=O) groups is 3. The second-order valence-corrected chi connectivity index (χ2v) is 5.41. The van der Waals surface area contributed by atoms with E-state index in [1.165, 1.54) is 0 Å². The lowest BCUT2D eigenvalue weighted by molar-refractivity contribution is -0.148. The van der Waals surface area contributed by atoms with Crippen molar-refractivity contribution in [2.75, 3.05) is 26.4 Å². The minimum Gasteiger partial charge on any atom is -0.490 e. The molecule has 0 heterocycles. The van der Waals surface area contributed by atoms with Crippen LogP contribution in [0.4, 0.5) is 0 Å². The van der Waals surface area contributed by atoms with E-state index in [0.29, 0.717) is 37.4 Å². The maximum Gasteiger partial charge on any atom is 0.330 e. The molecule has 1 unspecified atom stereocenters. The lowest BCUT2D eigenvalue weighted by atomic mass is 10.2. The van der Waals surface area contributed by atoms with Crippen LogP contribution in [0.15, 0.2) is 49.6 Å². The van der Waals surface area contributed by atoms with Gasteiger partial charge in [0.05, 0.1) is 13.2 Å². The summed E-state index contributed by atoms with van der Waals surface area (Å²) in [6.07, 6.45) is 3.64. The van der Waals surface area contributed by atoms with Crippen molar-refractivity contribution in [3.63, 3.8) is 0 Å². The van der Waals surface area contributed by atoms with E-state index in [2.05, 4.69) is 13.2 Å². The molecule has 0 aliphatic heterocycles. The molecule has 0 aromatic heterocycles. The Morgan fingerprint density at radius 2 is 1.63 bits per heavy atom. The summed E-state index contributed by atoms with van der Waals surface area (Å²) in [5.41, 5.74) is 0.541. The largest absolute Gasteiger partial charge is 0.490 e. The third kappa shape index (κ3) is 9.96. The Kier molecular flexibility index (Phi) is 10.9. The number of unbranched alkanes of at least 4 members (excludes halogenated alkanes) is 1. The van der Waals surface area contributed by atoms with E-state index in [1.54, 1.807) is 24.3 Å². The summed E-state index contributed by atoms with van der Waals surface area (Å²) in [7, 11) is 0. The van der Waals surface area contributed by atoms with Crippen molar-refractivity contribution in [3.05, 3.63) is 55.1 Å². The number of ether oxygens (including phenoxy) is 4. The highest BCUT2D eigenvalue weighted by molar-refractivity contribution is 5.81. The zero-order chi connectivity index (χ0) is 19.9. The van der Waals surface area contributed by atoms with Crippen molar-refractivity contribution in [1.29, 1.82) is 0 Å². The summed E-state index contributed by atoms with van der Waals surface area (Å²) in [6, 6.07) is 6.56. The fraction of sp³-hybridized carbons (Fsp3) is 0.350. The molecule has 0 aliphatic rings. The topological polar surface area (TPSA) is 88.1 Å². The summed E-state index contributed by atoms with van der Waals surface area (Å²) in [5, 5.41) is 0. The Morgan fingerprint density at radius 1 is 0.963 bits per heavy atom. The highest BCUT2D eigenvalue weighted by Gasteiger charge is 2.14. The van der Waals surface area contributed by atoms with Gasteiger partial charge in [-0.25, -0.2) is 9.59 Å². The fourth-order valence-corrected chi connectivity index (χ4v) is 1.91. The minimum atomic E-state index is -0.611. The standard InChI is InChI=1S/C20H24O7/c1-3-19(22)25-12-6-5-11-24-14-18(27-20(23)4-2)15-26-17-9-7-16(13-21)8-10-17/h3-4,7-10,13,18H,1-2,5-6,11-12,14-15H2. The molecule has 0 saturated heterocycles. The van der Waals surface area contributed by atoms with Crippen molar-refractivity contribution in [3.8, 4) is 5.75 Å². The molecule has 1 rings (SSSR count). The van der Waals surface area contributed by atoms with Crippen LogP contribution in [0.1, 0.15) is 23.2 Å². The van der Waals surface area contributed by atoms with Crippen LogP contribution < -0.4 is 4.74 Å². The predicted molar refractivity (Wildman–Crippen MR) is 98.6 cm³/mol. The van der Waals surface area contributed by atoms with Gasteiger partial charge in [-0.2, -0.15) is 0 Å². The van der Waals surface area contributed by atoms with Gasteiger partial charge in [-0.05, 0) is 37.1 Å². The molecule has 0 fully saturated rings. The summed E-state index contributed by atoms with van der Waals surface area (Å²) in [4.78, 5) is 33.0. The van der Waals surface area contributed by atoms with Gasteiger partial charge in [0.25, 0.3) is 0 Å². The first-order valence-corrected chi connectivity index (χ1v) is 8.47. The molecule has 7 nitrogen and oxygen atoms in total. The molecule has 0 spiro atoms. The molecule has 146 valence electrons. The lowest BCUT2D eigenvalue weighted by Gasteiger charge is -2.18. The average molecular weight is 376 g/mol. The molecule has 0 amide bonds. The maximum atomic E-state index is 11.4. The normalized spacial score (nSPS) is 11.1. The van der Waals surface area contributed by atoms with Crippen LogP contribution in [0.2, 0.25) is 0 Å². The first-order valence-electron chi connectivity index (χ1n) is 8.47. The zero-order valence-corrected chi connectivity index (χ0v) is 15.1. The van der Waals surface area contributed by atoms with E-state index in [0.717, 1.165) is 18.4 Å². The van der Waals surface area contributed by atoms with E-state index in [-0.39, 0.29) is 13.2 Å². The molecule has 0 radical (unpaired) electrons. The van der Waals surface area contributed by atoms with Crippen molar-refractivity contribution >= 4 is 18.2 Å². The molecule has 1 aromatic rings. The molecule has 0 bridgehead atoms. The summed E-state index contributed by atoms with van der Waals surface area (Å²) >= 11 is 0. The van der Waals surface area contributed by atoms with Gasteiger partial charge < -0.3 is 18.9 Å². The van der Waals surface area contributed by atoms with Crippen LogP contribution in [0.5, 0.6) is 5.75 Å². The summed E-state index contributed by atoms with van der Waals surface area (Å²) in [5.74, 6) is -0.477. The highest BCUT2D eigenvalue weighted by Crippen LogP contribution is 2.12. The van der Waals surface area contributed by atoms with Crippen molar-refractivity contribution in [1.82, 2.24) is 0 Å². The van der Waals surface area contributed by atoms with Crippen LogP contribution in [0.25, 0.3) is 0 Å². The van der Waals surface area contributed by atoms with Crippen molar-refractivity contribution < 1.29 is 33.3 Å². The molecular formula is C20H24O7. The fourth-order valence-electron chi connectivity index (χ4n) is 1.91. The van der Waals surface area contributed by atoms with Crippen LogP contribution >= 0.6 is 0 Å². The first kappa shape index (κ1) is 22.1. The number of hydrogen-bond acceptors (Lipinski definition) is 7. The Labute approximate surface area is 158 Å². The molecule has 1 aromatic carbocycles. The van der Waals surface area contributed by atoms with Crippen molar-refractivity contribution in [2.45, 2.75) is 18.9 Å². The third-order valence-corrected chi connectivity index (χ3v) is 3.30. The Hall–Kier alpha value is -2.93. The van der Waals surface area contributed by atoms with Crippen LogP contribution in [0.3, 0.4) is 0 Å². The number of hydrogen-bond donors (Lipinski definition) is 0. The summed E-state index contributed by atoms with van der Waals surface area (Å²) < 4.78 is 21.1. The molecular weight excluding hydrogens is 352 g/mol. The van der Waals surface area contributed by atoms with Crippen LogP contribution in [0, 0.1) is 0 Å². The Balaban J connectivity index is 2.34. The number of rotatable bonds is 14. The Bertz CT molecular complexity index is 622. The van der Waals surface area contributed by atoms with Gasteiger partial charge in [0.15, 0.2) is 6.10 Å². The molecule has 0 aliphatic carbocycles. The van der Waals surface area contributed by atoms with E-state index in [9.17, 15) is 14.4 Å². The first-order chi connectivity index (χ1) is 13.1. The minimum absolute atomic E-state index is 0.0942. The second-order valence-electron chi connectivity index (χ2n) is 5.41. The van der Waals surface area contributed by atoms with Gasteiger partial charge >= 0.3 is 11.9 Å². The maximum absolute atomic E-state index is 11.4. The summed E-state index contributed by atoms with van der Waals surface area (Å²) in [6.45, 7) is 7.64. The average Bonchev–Trinajstić information content (AvgIpc) is 2.70. The van der Waals surface area contributed by atoms with Gasteiger partial charge in [0.1, 0.15) is 18.6 Å². The van der Waals surface area contributed by atoms with E-state index in [1.807, 2.05) is 0 Å². The molecule has 1 atom stereocenters. The number of aldehydes is 1. The quantitative estimate of drug-likeness (QED) is 0.213. The number of esters is 2. The zero-order valence-electron chi connectivity index (χ0n) is 15.1. The second kappa shape index (κ2) is 13.3. The molecule has 7 heteroatoms. The van der Waals surface area contributed by atoms with E-state index in [4.69, 9.17) is 18.9 Å². The SMILES string of the molecule is C=CC(=O)OCCCCOCC(COc1ccc(C=O)cc1)OC(=O)C=C. The Morgan fingerprint density at radius 3 is 2.26 bits per heavy atom. The van der Waals surface area contributed by atoms with E-state index < -0.39 is 18.0 Å². The predicted octanol–water partition coefficient (Wildman–Crippen LogP) is 2.50. The molecule has 0 saturated carbocycles. The van der Waals surface area contributed by atoms with Gasteiger partial charge in [-0.1, -0.05) is 13.2 Å². The monoisotopic (exact) mass is 376 g/mol. The lowest BCUT2D eigenvalue weighted by Crippen LogP contribution is -2.29. The van der Waals surface area contributed by atoms with Gasteiger partial charge in [-0.3, -0.25) is 4.79 Å². The van der Waals surface area contributed by atoms with Crippen LogP contribution in [-0.4, -0.2) is 50.8 Å². The van der Waals surface area contributed by atoms with Crippen molar-refractivity contribution in [2.24, 2.45) is 0 Å². The van der Waals surface area contributed by atoms with E-state index >= 15 is 0 Å². The molecule has 0 N–H and O–H groups in total. The third-order valence-electron chi connectivity index (χ3n) is 3.30. The van der Waals surface area contributed by atoms with Crippen LogP contribution in [-0.2, 0) is 23.8 Å². The molecule has 27 heavy (non-hydrogen) atoms. The number of carbonyl (C=O) groups excluding carboxylic acids is 3. The highest BCUT2D eigenvalue weighted by atomic mass is 16.6.